The van der Waals surface area contributed by atoms with Gasteiger partial charge in [0.25, 0.3) is 0 Å². The highest BCUT2D eigenvalue weighted by molar-refractivity contribution is 7.99. The molecule has 1 aromatic carbocycles. The molecule has 1 amide bonds. The van der Waals surface area contributed by atoms with Crippen LogP contribution in [0.5, 0.6) is 0 Å². The summed E-state index contributed by atoms with van der Waals surface area (Å²) in [6.45, 7) is 3.74. The van der Waals surface area contributed by atoms with Gasteiger partial charge in [-0.05, 0) is 31.0 Å². The fourth-order valence-electron chi connectivity index (χ4n) is 1.94. The van der Waals surface area contributed by atoms with E-state index in [0.29, 0.717) is 29.3 Å². The van der Waals surface area contributed by atoms with Crippen molar-refractivity contribution >= 4 is 23.5 Å². The molecule has 0 saturated carbocycles. The lowest BCUT2D eigenvalue weighted by Crippen LogP contribution is -2.24. The molecule has 0 aliphatic heterocycles. The average molecular weight is 315 g/mol. The number of benzene rings is 1. The molecule has 5 nitrogen and oxygen atoms in total. The van der Waals surface area contributed by atoms with Gasteiger partial charge in [0.15, 0.2) is 5.82 Å². The van der Waals surface area contributed by atoms with Gasteiger partial charge in [0.1, 0.15) is 5.76 Å². The Morgan fingerprint density at radius 3 is 2.95 bits per heavy atom. The number of nitrogens with one attached hydrogen (secondary N) is 1. The SMILES string of the molecule is CC[C@@H](SCc1cccc(C#N)c1)C(=O)Nc1cc(C)on1. The molecule has 6 heteroatoms. The predicted octanol–water partition coefficient (Wildman–Crippen LogP) is 3.51. The minimum atomic E-state index is -0.178. The van der Waals surface area contributed by atoms with E-state index in [1.165, 1.54) is 0 Å². The van der Waals surface area contributed by atoms with Crippen LogP contribution in [0, 0.1) is 18.3 Å². The third-order valence-electron chi connectivity index (χ3n) is 3.05. The number of carbonyl (C=O) groups excluding carboxylic acids is 1. The number of hydrogen-bond acceptors (Lipinski definition) is 5. The lowest BCUT2D eigenvalue weighted by molar-refractivity contribution is -0.115. The Morgan fingerprint density at radius 2 is 2.32 bits per heavy atom. The molecule has 0 saturated heterocycles. The van der Waals surface area contributed by atoms with Crippen LogP contribution in [0.3, 0.4) is 0 Å². The Morgan fingerprint density at radius 1 is 1.50 bits per heavy atom. The zero-order chi connectivity index (χ0) is 15.9. The van der Waals surface area contributed by atoms with Gasteiger partial charge in [0.05, 0.1) is 16.9 Å². The lowest BCUT2D eigenvalue weighted by atomic mass is 10.2. The van der Waals surface area contributed by atoms with Gasteiger partial charge in [0.2, 0.25) is 5.91 Å². The highest BCUT2D eigenvalue weighted by Gasteiger charge is 2.18. The van der Waals surface area contributed by atoms with Gasteiger partial charge in [-0.2, -0.15) is 5.26 Å². The van der Waals surface area contributed by atoms with Crippen LogP contribution in [0.25, 0.3) is 0 Å². The van der Waals surface area contributed by atoms with Crippen LogP contribution in [0.15, 0.2) is 34.9 Å². The molecule has 0 spiro atoms. The first-order valence-electron chi connectivity index (χ1n) is 6.97. The van der Waals surface area contributed by atoms with Crippen LogP contribution >= 0.6 is 11.8 Å². The van der Waals surface area contributed by atoms with Crippen molar-refractivity contribution in [2.45, 2.75) is 31.3 Å². The number of amides is 1. The third kappa shape index (κ3) is 4.37. The molecule has 0 aliphatic rings. The van der Waals surface area contributed by atoms with E-state index in [-0.39, 0.29) is 11.2 Å². The molecule has 114 valence electrons. The minimum Gasteiger partial charge on any atom is -0.360 e. The maximum atomic E-state index is 12.2. The van der Waals surface area contributed by atoms with Crippen molar-refractivity contribution in [2.24, 2.45) is 0 Å². The molecule has 0 fully saturated rings. The van der Waals surface area contributed by atoms with Crippen molar-refractivity contribution in [3.63, 3.8) is 0 Å². The first-order chi connectivity index (χ1) is 10.6. The van der Waals surface area contributed by atoms with Crippen LogP contribution < -0.4 is 5.32 Å². The molecule has 22 heavy (non-hydrogen) atoms. The van der Waals surface area contributed by atoms with Gasteiger partial charge >= 0.3 is 0 Å². The fraction of sp³-hybridized carbons (Fsp3) is 0.312. The van der Waals surface area contributed by atoms with Crippen LogP contribution in [-0.4, -0.2) is 16.3 Å². The van der Waals surface area contributed by atoms with E-state index in [1.807, 2.05) is 25.1 Å². The number of anilines is 1. The second kappa shape index (κ2) is 7.66. The maximum absolute atomic E-state index is 12.2. The summed E-state index contributed by atoms with van der Waals surface area (Å²) in [7, 11) is 0. The molecular formula is C16H17N3O2S. The molecule has 1 heterocycles. The zero-order valence-electron chi connectivity index (χ0n) is 12.5. The molecule has 1 N–H and O–H groups in total. The second-order valence-electron chi connectivity index (χ2n) is 4.83. The first-order valence-corrected chi connectivity index (χ1v) is 8.02. The predicted molar refractivity (Wildman–Crippen MR) is 86.4 cm³/mol. The van der Waals surface area contributed by atoms with Gasteiger partial charge in [0, 0.05) is 11.8 Å². The van der Waals surface area contributed by atoms with Gasteiger partial charge in [-0.3, -0.25) is 4.79 Å². The fourth-order valence-corrected chi connectivity index (χ4v) is 2.96. The highest BCUT2D eigenvalue weighted by Crippen LogP contribution is 2.22. The number of carbonyl (C=O) groups is 1. The topological polar surface area (TPSA) is 78.9 Å². The van der Waals surface area contributed by atoms with Crippen molar-refractivity contribution in [3.8, 4) is 6.07 Å². The van der Waals surface area contributed by atoms with Crippen LogP contribution in [0.2, 0.25) is 0 Å². The van der Waals surface area contributed by atoms with E-state index in [9.17, 15) is 4.79 Å². The van der Waals surface area contributed by atoms with Gasteiger partial charge in [-0.15, -0.1) is 11.8 Å². The molecule has 0 bridgehead atoms. The van der Waals surface area contributed by atoms with E-state index >= 15 is 0 Å². The van der Waals surface area contributed by atoms with E-state index in [2.05, 4.69) is 16.5 Å². The summed E-state index contributed by atoms with van der Waals surface area (Å²) in [5.74, 6) is 1.69. The molecule has 0 aliphatic carbocycles. The van der Waals surface area contributed by atoms with E-state index < -0.39 is 0 Å². The van der Waals surface area contributed by atoms with Crippen molar-refractivity contribution in [1.82, 2.24) is 5.16 Å². The number of rotatable bonds is 6. The van der Waals surface area contributed by atoms with Gasteiger partial charge in [-0.1, -0.05) is 24.2 Å². The summed E-state index contributed by atoms with van der Waals surface area (Å²) in [6, 6.07) is 11.2. The highest BCUT2D eigenvalue weighted by atomic mass is 32.2. The van der Waals surface area contributed by atoms with Gasteiger partial charge in [-0.25, -0.2) is 0 Å². The molecule has 2 aromatic rings. The largest absolute Gasteiger partial charge is 0.360 e. The molecular weight excluding hydrogens is 298 g/mol. The summed E-state index contributed by atoms with van der Waals surface area (Å²) < 4.78 is 4.93. The monoisotopic (exact) mass is 315 g/mol. The van der Waals surface area contributed by atoms with Crippen molar-refractivity contribution in [3.05, 3.63) is 47.2 Å². The van der Waals surface area contributed by atoms with Crippen molar-refractivity contribution in [1.29, 1.82) is 5.26 Å². The average Bonchev–Trinajstić information content (AvgIpc) is 2.93. The normalized spacial score (nSPS) is 11.7. The molecule has 1 atom stereocenters. The Labute approximate surface area is 133 Å². The zero-order valence-corrected chi connectivity index (χ0v) is 13.3. The number of hydrogen-bond donors (Lipinski definition) is 1. The van der Waals surface area contributed by atoms with Crippen LogP contribution in [0.1, 0.15) is 30.2 Å². The summed E-state index contributed by atoms with van der Waals surface area (Å²) in [4.78, 5) is 12.2. The molecule has 2 rings (SSSR count). The Hall–Kier alpha value is -2.26. The van der Waals surface area contributed by atoms with Crippen LogP contribution in [0.4, 0.5) is 5.82 Å². The quantitative estimate of drug-likeness (QED) is 0.882. The van der Waals surface area contributed by atoms with E-state index in [1.54, 1.807) is 30.8 Å². The molecule has 0 unspecified atom stereocenters. The summed E-state index contributed by atoms with van der Waals surface area (Å²) in [5, 5.41) is 15.2. The van der Waals surface area contributed by atoms with E-state index in [0.717, 1.165) is 5.56 Å². The lowest BCUT2D eigenvalue weighted by Gasteiger charge is -2.13. The van der Waals surface area contributed by atoms with Crippen molar-refractivity contribution < 1.29 is 9.32 Å². The maximum Gasteiger partial charge on any atom is 0.238 e. The standard InChI is InChI=1S/C16H17N3O2S/c1-3-14(16(20)18-15-7-11(2)21-19-15)22-10-13-6-4-5-12(8-13)9-17/h4-8,14H,3,10H2,1-2H3,(H,18,19,20)/t14-/m1/s1. The smallest absolute Gasteiger partial charge is 0.238 e. The first kappa shape index (κ1) is 16.1. The number of aromatic nitrogens is 1. The number of nitrogens with zero attached hydrogens (tertiary/aromatic N) is 2. The molecule has 1 aromatic heterocycles. The summed E-state index contributed by atoms with van der Waals surface area (Å²) in [6.07, 6.45) is 0.714. The van der Waals surface area contributed by atoms with Gasteiger partial charge < -0.3 is 9.84 Å². The Bertz CT molecular complexity index is 691. The Kier molecular flexibility index (Phi) is 5.61. The summed E-state index contributed by atoms with van der Waals surface area (Å²) >= 11 is 1.55. The second-order valence-corrected chi connectivity index (χ2v) is 6.02. The van der Waals surface area contributed by atoms with Crippen LogP contribution in [-0.2, 0) is 10.5 Å². The third-order valence-corrected chi connectivity index (χ3v) is 4.50. The number of nitriles is 1. The molecule has 0 radical (unpaired) electrons. The number of aryl methyl sites for hydroxylation is 1. The van der Waals surface area contributed by atoms with Crippen molar-refractivity contribution in [2.75, 3.05) is 5.32 Å². The van der Waals surface area contributed by atoms with E-state index in [4.69, 9.17) is 9.78 Å². The number of thioether (sulfide) groups is 1. The Balaban J connectivity index is 1.93. The summed E-state index contributed by atoms with van der Waals surface area (Å²) in [5.41, 5.74) is 1.67. The minimum absolute atomic E-state index is 0.0859.